The zero-order valence-electron chi connectivity index (χ0n) is 20.7. The third-order valence-electron chi connectivity index (χ3n) is 6.50. The van der Waals surface area contributed by atoms with Crippen LogP contribution in [0.4, 0.5) is 0 Å². The number of fused-ring (bicyclic) bond motifs is 1. The topological polar surface area (TPSA) is 55.2 Å². The first-order valence-corrected chi connectivity index (χ1v) is 13.5. The van der Waals surface area contributed by atoms with Gasteiger partial charge in [-0.15, -0.1) is 0 Å². The second-order valence-corrected chi connectivity index (χ2v) is 10.3. The molecule has 5 aromatic rings. The molecule has 0 saturated heterocycles. The highest BCUT2D eigenvalue weighted by atomic mass is 79.9. The summed E-state index contributed by atoms with van der Waals surface area (Å²) in [6, 6.07) is 31.1. The summed E-state index contributed by atoms with van der Waals surface area (Å²) in [5.41, 5.74) is 2.60. The van der Waals surface area contributed by atoms with Crippen molar-refractivity contribution in [3.8, 4) is 5.69 Å². The van der Waals surface area contributed by atoms with Crippen molar-refractivity contribution >= 4 is 44.3 Å². The van der Waals surface area contributed by atoms with Crippen molar-refractivity contribution in [3.05, 3.63) is 140 Å². The molecule has 1 amide bonds. The monoisotopic (exact) mass is 585 g/mol. The normalized spacial score (nSPS) is 11.9. The van der Waals surface area contributed by atoms with Gasteiger partial charge < -0.3 is 4.90 Å². The molecule has 38 heavy (non-hydrogen) atoms. The molecule has 1 aromatic heterocycles. The average molecular weight is 587 g/mol. The summed E-state index contributed by atoms with van der Waals surface area (Å²) in [4.78, 5) is 34.7. The fourth-order valence-electron chi connectivity index (χ4n) is 4.62. The number of hydrogen-bond donors (Lipinski definition) is 0. The van der Waals surface area contributed by atoms with Crippen molar-refractivity contribution in [2.45, 2.75) is 25.9 Å². The van der Waals surface area contributed by atoms with E-state index in [-0.39, 0.29) is 11.5 Å². The fourth-order valence-corrected chi connectivity index (χ4v) is 5.01. The SMILES string of the molecule is CCC(c1nc2ccccc2c(=O)n1-c1ccc(Br)cc1)N(Cc1ccccc1)C(=O)c1ccc(Cl)cc1. The highest BCUT2D eigenvalue weighted by Crippen LogP contribution is 2.29. The maximum atomic E-state index is 14.0. The molecule has 1 unspecified atom stereocenters. The van der Waals surface area contributed by atoms with Crippen LogP contribution in [-0.2, 0) is 6.54 Å². The molecule has 5 nitrogen and oxygen atoms in total. The van der Waals surface area contributed by atoms with Gasteiger partial charge in [-0.1, -0.05) is 76.9 Å². The predicted octanol–water partition coefficient (Wildman–Crippen LogP) is 7.60. The molecule has 0 bridgehead atoms. The molecule has 0 saturated carbocycles. The lowest BCUT2D eigenvalue weighted by molar-refractivity contribution is 0.0640. The third-order valence-corrected chi connectivity index (χ3v) is 7.28. The minimum absolute atomic E-state index is 0.165. The Morgan fingerprint density at radius 1 is 0.921 bits per heavy atom. The number of nitrogens with zero attached hydrogens (tertiary/aromatic N) is 3. The number of carbonyl (C=O) groups excluding carboxylic acids is 1. The number of aromatic nitrogens is 2. The number of rotatable bonds is 7. The quantitative estimate of drug-likeness (QED) is 0.197. The van der Waals surface area contributed by atoms with Gasteiger partial charge in [0.2, 0.25) is 0 Å². The molecule has 1 atom stereocenters. The summed E-state index contributed by atoms with van der Waals surface area (Å²) < 4.78 is 2.54. The van der Waals surface area contributed by atoms with Crippen molar-refractivity contribution in [2.24, 2.45) is 0 Å². The first kappa shape index (κ1) is 25.9. The lowest BCUT2D eigenvalue weighted by atomic mass is 10.1. The minimum atomic E-state index is -0.487. The van der Waals surface area contributed by atoms with Gasteiger partial charge in [0.1, 0.15) is 5.82 Å². The number of hydrogen-bond acceptors (Lipinski definition) is 3. The van der Waals surface area contributed by atoms with Gasteiger partial charge in [-0.05, 0) is 72.6 Å². The average Bonchev–Trinajstić information content (AvgIpc) is 2.94. The lowest BCUT2D eigenvalue weighted by Crippen LogP contribution is -2.38. The molecule has 5 rings (SSSR count). The summed E-state index contributed by atoms with van der Waals surface area (Å²) in [5.74, 6) is 0.346. The van der Waals surface area contributed by atoms with Gasteiger partial charge in [0.15, 0.2) is 0 Å². The summed E-state index contributed by atoms with van der Waals surface area (Å²) in [5, 5.41) is 1.08. The third kappa shape index (κ3) is 5.28. The number of halogens is 2. The second kappa shape index (κ2) is 11.3. The largest absolute Gasteiger partial charge is 0.324 e. The van der Waals surface area contributed by atoms with E-state index in [0.29, 0.717) is 46.0 Å². The standard InChI is InChI=1S/C31H25BrClN3O2/c1-2-28(35(20-21-8-4-3-5-9-21)30(37)22-12-16-24(33)17-13-22)29-34-27-11-7-6-10-26(27)31(38)36(29)25-18-14-23(32)15-19-25/h3-19,28H,2,20H2,1H3. The number of carbonyl (C=O) groups is 1. The number of amides is 1. The molecule has 4 aromatic carbocycles. The molecule has 0 aliphatic carbocycles. The van der Waals surface area contributed by atoms with Crippen LogP contribution < -0.4 is 5.56 Å². The smallest absolute Gasteiger partial charge is 0.266 e. The van der Waals surface area contributed by atoms with Crippen molar-refractivity contribution in [1.29, 1.82) is 0 Å². The maximum absolute atomic E-state index is 14.0. The Bertz CT molecular complexity index is 1640. The van der Waals surface area contributed by atoms with E-state index < -0.39 is 6.04 Å². The molecule has 0 spiro atoms. The second-order valence-electron chi connectivity index (χ2n) is 8.95. The summed E-state index contributed by atoms with van der Waals surface area (Å²) >= 11 is 9.59. The van der Waals surface area contributed by atoms with E-state index in [1.165, 1.54) is 0 Å². The van der Waals surface area contributed by atoms with Crippen molar-refractivity contribution in [1.82, 2.24) is 14.5 Å². The molecule has 7 heteroatoms. The van der Waals surface area contributed by atoms with Crippen LogP contribution in [0.1, 0.15) is 41.1 Å². The van der Waals surface area contributed by atoms with Gasteiger partial charge in [-0.2, -0.15) is 0 Å². The van der Waals surface area contributed by atoms with Crippen LogP contribution in [0.25, 0.3) is 16.6 Å². The molecule has 0 radical (unpaired) electrons. The van der Waals surface area contributed by atoms with Gasteiger partial charge in [0.25, 0.3) is 11.5 Å². The zero-order chi connectivity index (χ0) is 26.6. The van der Waals surface area contributed by atoms with Gasteiger partial charge in [0, 0.05) is 21.6 Å². The molecule has 0 aliphatic rings. The van der Waals surface area contributed by atoms with Crippen molar-refractivity contribution < 1.29 is 4.79 Å². The summed E-state index contributed by atoms with van der Waals surface area (Å²) in [6.45, 7) is 2.36. The molecular formula is C31H25BrClN3O2. The highest BCUT2D eigenvalue weighted by molar-refractivity contribution is 9.10. The number of para-hydroxylation sites is 1. The van der Waals surface area contributed by atoms with Crippen molar-refractivity contribution in [2.75, 3.05) is 0 Å². The van der Waals surface area contributed by atoms with Gasteiger partial charge >= 0.3 is 0 Å². The first-order valence-electron chi connectivity index (χ1n) is 12.3. The lowest BCUT2D eigenvalue weighted by Gasteiger charge is -2.32. The Morgan fingerprint density at radius 3 is 2.26 bits per heavy atom. The number of benzene rings is 4. The summed E-state index contributed by atoms with van der Waals surface area (Å²) in [6.07, 6.45) is 0.549. The Kier molecular flexibility index (Phi) is 7.72. The highest BCUT2D eigenvalue weighted by Gasteiger charge is 2.30. The molecule has 0 fully saturated rings. The molecular weight excluding hydrogens is 562 g/mol. The Balaban J connectivity index is 1.73. The Hall–Kier alpha value is -3.74. The zero-order valence-corrected chi connectivity index (χ0v) is 23.1. The van der Waals surface area contributed by atoms with Crippen LogP contribution >= 0.6 is 27.5 Å². The van der Waals surface area contributed by atoms with E-state index in [1.54, 1.807) is 39.8 Å². The molecule has 0 N–H and O–H groups in total. The Morgan fingerprint density at radius 2 is 1.58 bits per heavy atom. The fraction of sp³-hybridized carbons (Fsp3) is 0.129. The maximum Gasteiger partial charge on any atom is 0.266 e. The van der Waals surface area contributed by atoms with E-state index >= 15 is 0 Å². The molecule has 190 valence electrons. The van der Waals surface area contributed by atoms with E-state index in [9.17, 15) is 9.59 Å². The summed E-state index contributed by atoms with van der Waals surface area (Å²) in [7, 11) is 0. The Labute approximate surface area is 234 Å². The van der Waals surface area contributed by atoms with Gasteiger partial charge in [0.05, 0.1) is 22.6 Å². The van der Waals surface area contributed by atoms with E-state index in [2.05, 4.69) is 15.9 Å². The van der Waals surface area contributed by atoms with Crippen LogP contribution in [0, 0.1) is 0 Å². The van der Waals surface area contributed by atoms with Crippen molar-refractivity contribution in [3.63, 3.8) is 0 Å². The van der Waals surface area contributed by atoms with E-state index in [0.717, 1.165) is 10.0 Å². The van der Waals surface area contributed by atoms with E-state index in [4.69, 9.17) is 16.6 Å². The van der Waals surface area contributed by atoms with Crippen LogP contribution in [-0.4, -0.2) is 20.4 Å². The van der Waals surface area contributed by atoms with Crippen LogP contribution in [0.15, 0.2) is 112 Å². The van der Waals surface area contributed by atoms with Gasteiger partial charge in [-0.25, -0.2) is 4.98 Å². The minimum Gasteiger partial charge on any atom is -0.324 e. The molecule has 0 aliphatic heterocycles. The van der Waals surface area contributed by atoms with Crippen LogP contribution in [0.3, 0.4) is 0 Å². The van der Waals surface area contributed by atoms with Crippen LogP contribution in [0.5, 0.6) is 0 Å². The van der Waals surface area contributed by atoms with Crippen LogP contribution in [0.2, 0.25) is 5.02 Å². The van der Waals surface area contributed by atoms with Gasteiger partial charge in [-0.3, -0.25) is 14.2 Å². The van der Waals surface area contributed by atoms with E-state index in [1.807, 2.05) is 79.7 Å². The predicted molar refractivity (Wildman–Crippen MR) is 156 cm³/mol. The molecule has 1 heterocycles. The first-order chi connectivity index (χ1) is 18.5.